The van der Waals surface area contributed by atoms with Crippen LogP contribution in [0.2, 0.25) is 5.02 Å². The minimum absolute atomic E-state index is 0. The van der Waals surface area contributed by atoms with Crippen LogP contribution >= 0.6 is 11.6 Å². The monoisotopic (exact) mass is 642 g/mol. The Morgan fingerprint density at radius 3 is 2.08 bits per heavy atom. The lowest BCUT2D eigenvalue weighted by Gasteiger charge is -2.24. The van der Waals surface area contributed by atoms with Crippen LogP contribution in [0.5, 0.6) is 5.75 Å². The second-order valence-electron chi connectivity index (χ2n) is 9.88. The number of benzene rings is 1. The first kappa shape index (κ1) is 33.7. The summed E-state index contributed by atoms with van der Waals surface area (Å²) in [4.78, 5) is 14.4. The number of pyridine rings is 1. The standard InChI is InChI=1S/C31H48ClN2O2.HI/c1-4-6-7-8-9-10-11-12-13-14-15-16-24-36-31-29(32)20-17-21-30(31)34(27(3)35)26-28-19-18-23-33(25-28)22-5-2;/h17-21,23,25H,4-16,22,24,26H2,1-3H3;1H/q+1;/p-1. The van der Waals surface area contributed by atoms with E-state index in [4.69, 9.17) is 16.3 Å². The molecule has 37 heavy (non-hydrogen) atoms. The van der Waals surface area contributed by atoms with Crippen LogP contribution in [0.1, 0.15) is 110 Å². The van der Waals surface area contributed by atoms with E-state index >= 15 is 0 Å². The minimum atomic E-state index is -0.0293. The van der Waals surface area contributed by atoms with Crippen LogP contribution in [0.15, 0.2) is 42.7 Å². The number of nitrogens with zero attached hydrogens (tertiary/aromatic N) is 2. The molecule has 1 heterocycles. The summed E-state index contributed by atoms with van der Waals surface area (Å²) in [5, 5.41) is 0.548. The molecule has 0 fully saturated rings. The quantitative estimate of drug-likeness (QED) is 0.112. The van der Waals surface area contributed by atoms with E-state index in [9.17, 15) is 4.79 Å². The fraction of sp³-hybridized carbons (Fsp3) is 0.613. The number of carbonyl (C=O) groups is 1. The predicted octanol–water partition coefficient (Wildman–Crippen LogP) is 5.67. The van der Waals surface area contributed by atoms with Gasteiger partial charge in [0.15, 0.2) is 18.1 Å². The van der Waals surface area contributed by atoms with Gasteiger partial charge in [0.25, 0.3) is 0 Å². The van der Waals surface area contributed by atoms with Crippen LogP contribution in [0.4, 0.5) is 5.69 Å². The molecule has 0 saturated heterocycles. The molecule has 208 valence electrons. The van der Waals surface area contributed by atoms with Gasteiger partial charge in [-0.3, -0.25) is 4.79 Å². The number of carbonyl (C=O) groups excluding carboxylic acids is 1. The summed E-state index contributed by atoms with van der Waals surface area (Å²) in [6, 6.07) is 9.73. The number of para-hydroxylation sites is 1. The van der Waals surface area contributed by atoms with E-state index in [1.54, 1.807) is 11.8 Å². The topological polar surface area (TPSA) is 33.4 Å². The lowest BCUT2D eigenvalue weighted by atomic mass is 10.1. The Bertz CT molecular complexity index is 893. The van der Waals surface area contributed by atoms with Crippen LogP contribution < -0.4 is 38.2 Å². The maximum absolute atomic E-state index is 12.6. The van der Waals surface area contributed by atoms with Crippen molar-refractivity contribution in [3.05, 3.63) is 53.3 Å². The number of hydrogen-bond acceptors (Lipinski definition) is 2. The lowest BCUT2D eigenvalue weighted by molar-refractivity contribution is -0.697. The van der Waals surface area contributed by atoms with Gasteiger partial charge in [-0.05, 0) is 24.6 Å². The van der Waals surface area contributed by atoms with Gasteiger partial charge >= 0.3 is 0 Å². The molecule has 4 nitrogen and oxygen atoms in total. The van der Waals surface area contributed by atoms with Crippen molar-refractivity contribution >= 4 is 23.2 Å². The van der Waals surface area contributed by atoms with Gasteiger partial charge < -0.3 is 33.6 Å². The second-order valence-corrected chi connectivity index (χ2v) is 10.3. The average molecular weight is 643 g/mol. The Labute approximate surface area is 248 Å². The zero-order chi connectivity index (χ0) is 26.0. The number of anilines is 1. The van der Waals surface area contributed by atoms with E-state index < -0.39 is 0 Å². The van der Waals surface area contributed by atoms with Crippen LogP contribution in [0, 0.1) is 0 Å². The van der Waals surface area contributed by atoms with E-state index in [0.29, 0.717) is 23.9 Å². The highest BCUT2D eigenvalue weighted by molar-refractivity contribution is 6.32. The first-order valence-electron chi connectivity index (χ1n) is 14.2. The molecule has 1 aromatic heterocycles. The van der Waals surface area contributed by atoms with Crippen molar-refractivity contribution in [3.63, 3.8) is 0 Å². The summed E-state index contributed by atoms with van der Waals surface area (Å²) in [5.74, 6) is 0.577. The Balaban J connectivity index is 0.00000684. The zero-order valence-electron chi connectivity index (χ0n) is 23.3. The van der Waals surface area contributed by atoms with Gasteiger partial charge in [0.1, 0.15) is 6.54 Å². The Morgan fingerprint density at radius 2 is 1.49 bits per heavy atom. The highest BCUT2D eigenvalue weighted by Crippen LogP contribution is 2.36. The van der Waals surface area contributed by atoms with Crippen molar-refractivity contribution in [3.8, 4) is 5.75 Å². The molecule has 1 amide bonds. The number of rotatable bonds is 19. The average Bonchev–Trinajstić information content (AvgIpc) is 2.86. The molecule has 0 aliphatic carbocycles. The molecule has 6 heteroatoms. The summed E-state index contributed by atoms with van der Waals surface area (Å²) >= 11 is 6.53. The fourth-order valence-corrected chi connectivity index (χ4v) is 4.81. The van der Waals surface area contributed by atoms with Crippen molar-refractivity contribution in [1.29, 1.82) is 0 Å². The van der Waals surface area contributed by atoms with Gasteiger partial charge in [0.2, 0.25) is 5.91 Å². The predicted molar refractivity (Wildman–Crippen MR) is 152 cm³/mol. The van der Waals surface area contributed by atoms with Crippen LogP contribution in [0.25, 0.3) is 0 Å². The third-order valence-electron chi connectivity index (χ3n) is 6.60. The van der Waals surface area contributed by atoms with Crippen molar-refractivity contribution in [2.24, 2.45) is 0 Å². The summed E-state index contributed by atoms with van der Waals surface area (Å²) in [7, 11) is 0. The molecule has 0 radical (unpaired) electrons. The molecule has 0 N–H and O–H groups in total. The van der Waals surface area contributed by atoms with Crippen LogP contribution in [0.3, 0.4) is 0 Å². The largest absolute Gasteiger partial charge is 1.00 e. The van der Waals surface area contributed by atoms with Gasteiger partial charge in [-0.25, -0.2) is 4.57 Å². The number of ether oxygens (including phenoxy) is 1. The minimum Gasteiger partial charge on any atom is -1.00 e. The first-order chi connectivity index (χ1) is 17.6. The van der Waals surface area contributed by atoms with Crippen molar-refractivity contribution in [2.75, 3.05) is 11.5 Å². The third kappa shape index (κ3) is 13.3. The molecule has 2 rings (SSSR count). The number of unbranched alkanes of at least 4 members (excludes halogenated alkanes) is 11. The second kappa shape index (κ2) is 20.6. The lowest BCUT2D eigenvalue weighted by Crippen LogP contribution is -3.00. The number of hydrogen-bond donors (Lipinski definition) is 0. The maximum Gasteiger partial charge on any atom is 0.224 e. The summed E-state index contributed by atoms with van der Waals surface area (Å²) in [6.45, 7) is 8.08. The SMILES string of the molecule is CCCCCCCCCCCCCCOc1c(Cl)cccc1N(Cc1ccc[n+](CCC)c1)C(C)=O.[I-]. The smallest absolute Gasteiger partial charge is 0.224 e. The molecule has 2 aromatic rings. The molecule has 0 aliphatic heterocycles. The molecule has 0 atom stereocenters. The third-order valence-corrected chi connectivity index (χ3v) is 6.90. The van der Waals surface area contributed by atoms with Crippen molar-refractivity contribution < 1.29 is 38.1 Å². The molecule has 0 bridgehead atoms. The van der Waals surface area contributed by atoms with Crippen LogP contribution in [-0.2, 0) is 17.9 Å². The summed E-state index contributed by atoms with van der Waals surface area (Å²) in [6.07, 6.45) is 21.0. The number of aromatic nitrogens is 1. The van der Waals surface area contributed by atoms with Gasteiger partial charge in [0, 0.05) is 25.0 Å². The summed E-state index contributed by atoms with van der Waals surface area (Å²) in [5.41, 5.74) is 1.81. The van der Waals surface area contributed by atoms with Gasteiger partial charge in [-0.1, -0.05) is 102 Å². The van der Waals surface area contributed by atoms with E-state index in [1.807, 2.05) is 24.3 Å². The Hall–Kier alpha value is -1.34. The van der Waals surface area contributed by atoms with Gasteiger partial charge in [0.05, 0.1) is 23.9 Å². The van der Waals surface area contributed by atoms with Gasteiger partial charge in [-0.2, -0.15) is 0 Å². The number of amides is 1. The molecule has 0 unspecified atom stereocenters. The molecule has 0 aliphatic rings. The van der Waals surface area contributed by atoms with E-state index in [-0.39, 0.29) is 29.9 Å². The number of halogens is 2. The van der Waals surface area contributed by atoms with E-state index in [2.05, 4.69) is 36.9 Å². The first-order valence-corrected chi connectivity index (χ1v) is 14.6. The zero-order valence-corrected chi connectivity index (χ0v) is 26.2. The Kier molecular flexibility index (Phi) is 18.8. The highest BCUT2D eigenvalue weighted by atomic mass is 127. The van der Waals surface area contributed by atoms with Crippen LogP contribution in [-0.4, -0.2) is 12.5 Å². The molecular formula is C31H48ClIN2O2. The molecule has 1 aromatic carbocycles. The molecular weight excluding hydrogens is 595 g/mol. The van der Waals surface area contributed by atoms with E-state index in [1.165, 1.54) is 64.2 Å². The maximum atomic E-state index is 12.6. The fourth-order valence-electron chi connectivity index (χ4n) is 4.59. The Morgan fingerprint density at radius 1 is 0.865 bits per heavy atom. The van der Waals surface area contributed by atoms with Gasteiger partial charge in [-0.15, -0.1) is 0 Å². The molecule has 0 saturated carbocycles. The highest BCUT2D eigenvalue weighted by Gasteiger charge is 2.20. The normalized spacial score (nSPS) is 10.7. The van der Waals surface area contributed by atoms with Crippen molar-refractivity contribution in [1.82, 2.24) is 0 Å². The molecule has 0 spiro atoms. The van der Waals surface area contributed by atoms with E-state index in [0.717, 1.165) is 37.1 Å². The number of aryl methyl sites for hydroxylation is 1. The van der Waals surface area contributed by atoms with Crippen molar-refractivity contribution in [2.45, 2.75) is 117 Å². The summed E-state index contributed by atoms with van der Waals surface area (Å²) < 4.78 is 8.32.